The van der Waals surface area contributed by atoms with E-state index < -0.39 is 17.2 Å². The molecule has 0 aromatic heterocycles. The van der Waals surface area contributed by atoms with Crippen LogP contribution in [0.3, 0.4) is 0 Å². The van der Waals surface area contributed by atoms with Gasteiger partial charge in [-0.1, -0.05) is 13.8 Å². The minimum atomic E-state index is -0.955. The van der Waals surface area contributed by atoms with Gasteiger partial charge in [0.1, 0.15) is 5.82 Å². The Kier molecular flexibility index (Phi) is 6.74. The van der Waals surface area contributed by atoms with Crippen LogP contribution in [-0.4, -0.2) is 29.8 Å². The van der Waals surface area contributed by atoms with Gasteiger partial charge >= 0.3 is 0 Å². The molecule has 2 N–H and O–H groups in total. The zero-order chi connectivity index (χ0) is 16.8. The third-order valence-electron chi connectivity index (χ3n) is 3.59. The smallest absolute Gasteiger partial charge is 0.220 e. The lowest BCUT2D eigenvalue weighted by Crippen LogP contribution is -2.44. The highest BCUT2D eigenvalue weighted by molar-refractivity contribution is 5.75. The van der Waals surface area contributed by atoms with Gasteiger partial charge in [-0.25, -0.2) is 8.78 Å². The molecule has 124 valence electrons. The molecule has 1 atom stereocenters. The SMILES string of the molecule is CC(C)C(C)(O)CNC(=O)CCCOc1ccc(F)cc1F. The van der Waals surface area contributed by atoms with Gasteiger partial charge in [0.15, 0.2) is 11.6 Å². The molecule has 1 aromatic rings. The summed E-state index contributed by atoms with van der Waals surface area (Å²) in [5.74, 6) is -1.65. The molecule has 1 rings (SSSR count). The molecule has 0 aliphatic heterocycles. The highest BCUT2D eigenvalue weighted by Crippen LogP contribution is 2.18. The van der Waals surface area contributed by atoms with Crippen molar-refractivity contribution < 1.29 is 23.4 Å². The van der Waals surface area contributed by atoms with Crippen molar-refractivity contribution in [2.75, 3.05) is 13.2 Å². The molecule has 0 spiro atoms. The Morgan fingerprint density at radius 1 is 1.41 bits per heavy atom. The number of rotatable bonds is 8. The van der Waals surface area contributed by atoms with E-state index in [4.69, 9.17) is 4.74 Å². The summed E-state index contributed by atoms with van der Waals surface area (Å²) in [4.78, 5) is 11.6. The monoisotopic (exact) mass is 315 g/mol. The van der Waals surface area contributed by atoms with Crippen LogP contribution in [0.15, 0.2) is 18.2 Å². The van der Waals surface area contributed by atoms with Gasteiger partial charge < -0.3 is 15.2 Å². The molecule has 0 radical (unpaired) electrons. The van der Waals surface area contributed by atoms with Gasteiger partial charge in [-0.05, 0) is 31.4 Å². The molecule has 0 heterocycles. The van der Waals surface area contributed by atoms with Crippen molar-refractivity contribution in [1.29, 1.82) is 0 Å². The Hall–Kier alpha value is -1.69. The Bertz CT molecular complexity index is 504. The third kappa shape index (κ3) is 5.97. The van der Waals surface area contributed by atoms with Gasteiger partial charge in [0.25, 0.3) is 0 Å². The molecule has 0 aliphatic rings. The largest absolute Gasteiger partial charge is 0.491 e. The first kappa shape index (κ1) is 18.4. The van der Waals surface area contributed by atoms with Crippen molar-refractivity contribution >= 4 is 5.91 Å². The number of hydrogen-bond donors (Lipinski definition) is 2. The van der Waals surface area contributed by atoms with E-state index in [1.165, 1.54) is 6.07 Å². The zero-order valence-electron chi connectivity index (χ0n) is 13.2. The number of carbonyl (C=O) groups is 1. The van der Waals surface area contributed by atoms with Crippen LogP contribution in [0.25, 0.3) is 0 Å². The predicted octanol–water partition coefficient (Wildman–Crippen LogP) is 2.65. The van der Waals surface area contributed by atoms with Gasteiger partial charge in [-0.15, -0.1) is 0 Å². The number of benzene rings is 1. The maximum Gasteiger partial charge on any atom is 0.220 e. The van der Waals surface area contributed by atoms with Crippen molar-refractivity contribution in [2.45, 2.75) is 39.2 Å². The van der Waals surface area contributed by atoms with Crippen molar-refractivity contribution in [3.05, 3.63) is 29.8 Å². The lowest BCUT2D eigenvalue weighted by atomic mass is 9.92. The fourth-order valence-electron chi connectivity index (χ4n) is 1.58. The van der Waals surface area contributed by atoms with Gasteiger partial charge in [-0.3, -0.25) is 4.79 Å². The molecule has 0 bridgehead atoms. The van der Waals surface area contributed by atoms with Crippen LogP contribution in [0.2, 0.25) is 0 Å². The highest BCUT2D eigenvalue weighted by atomic mass is 19.1. The quantitative estimate of drug-likeness (QED) is 0.725. The maximum absolute atomic E-state index is 13.3. The summed E-state index contributed by atoms with van der Waals surface area (Å²) in [5.41, 5.74) is -0.955. The molecule has 0 saturated heterocycles. The van der Waals surface area contributed by atoms with E-state index in [0.29, 0.717) is 6.42 Å². The second kappa shape index (κ2) is 8.08. The molecule has 22 heavy (non-hydrogen) atoms. The van der Waals surface area contributed by atoms with Crippen molar-refractivity contribution in [1.82, 2.24) is 5.32 Å². The minimum absolute atomic E-state index is 0.0255. The summed E-state index contributed by atoms with van der Waals surface area (Å²) in [7, 11) is 0. The van der Waals surface area contributed by atoms with E-state index >= 15 is 0 Å². The maximum atomic E-state index is 13.3. The minimum Gasteiger partial charge on any atom is -0.491 e. The number of ether oxygens (including phenoxy) is 1. The molecular weight excluding hydrogens is 292 g/mol. The lowest BCUT2D eigenvalue weighted by molar-refractivity contribution is -0.122. The zero-order valence-corrected chi connectivity index (χ0v) is 13.2. The van der Waals surface area contributed by atoms with Gasteiger partial charge in [0.05, 0.1) is 12.2 Å². The molecule has 0 fully saturated rings. The van der Waals surface area contributed by atoms with E-state index in [9.17, 15) is 18.7 Å². The number of halogens is 2. The van der Waals surface area contributed by atoms with Crippen molar-refractivity contribution in [3.8, 4) is 5.75 Å². The van der Waals surface area contributed by atoms with Crippen LogP contribution < -0.4 is 10.1 Å². The Balaban J connectivity index is 2.25. The Labute approximate surface area is 129 Å². The first-order valence-electron chi connectivity index (χ1n) is 7.29. The van der Waals surface area contributed by atoms with E-state index in [1.54, 1.807) is 6.92 Å². The molecule has 0 saturated carbocycles. The number of hydrogen-bond acceptors (Lipinski definition) is 3. The average Bonchev–Trinajstić information content (AvgIpc) is 2.43. The predicted molar refractivity (Wildman–Crippen MR) is 79.6 cm³/mol. The number of amides is 1. The topological polar surface area (TPSA) is 58.6 Å². The summed E-state index contributed by atoms with van der Waals surface area (Å²) in [6, 6.07) is 3.07. The van der Waals surface area contributed by atoms with Crippen LogP contribution in [0.5, 0.6) is 5.75 Å². The van der Waals surface area contributed by atoms with Gasteiger partial charge in [0, 0.05) is 19.0 Å². The summed E-state index contributed by atoms with van der Waals surface area (Å²) in [6.45, 7) is 5.74. The van der Waals surface area contributed by atoms with Crippen molar-refractivity contribution in [2.24, 2.45) is 5.92 Å². The molecular formula is C16H23F2NO3. The number of aliphatic hydroxyl groups is 1. The van der Waals surface area contributed by atoms with E-state index in [2.05, 4.69) is 5.32 Å². The normalized spacial score (nSPS) is 13.8. The van der Waals surface area contributed by atoms with E-state index in [-0.39, 0.29) is 37.1 Å². The van der Waals surface area contributed by atoms with Crippen molar-refractivity contribution in [3.63, 3.8) is 0 Å². The van der Waals surface area contributed by atoms with Crippen LogP contribution in [0.1, 0.15) is 33.6 Å². The molecule has 1 unspecified atom stereocenters. The summed E-state index contributed by atoms with van der Waals surface area (Å²) in [6.07, 6.45) is 0.601. The first-order chi connectivity index (χ1) is 10.2. The molecule has 1 amide bonds. The van der Waals surface area contributed by atoms with Crippen LogP contribution in [-0.2, 0) is 4.79 Å². The lowest BCUT2D eigenvalue weighted by Gasteiger charge is -2.27. The third-order valence-corrected chi connectivity index (χ3v) is 3.59. The van der Waals surface area contributed by atoms with Crippen LogP contribution >= 0.6 is 0 Å². The number of carbonyl (C=O) groups excluding carboxylic acids is 1. The second-order valence-electron chi connectivity index (χ2n) is 5.82. The fraction of sp³-hybridized carbons (Fsp3) is 0.562. The van der Waals surface area contributed by atoms with Crippen LogP contribution in [0, 0.1) is 17.6 Å². The molecule has 1 aromatic carbocycles. The van der Waals surface area contributed by atoms with E-state index in [1.807, 2.05) is 13.8 Å². The molecule has 0 aliphatic carbocycles. The summed E-state index contributed by atoms with van der Waals surface area (Å²) in [5, 5.41) is 12.7. The molecule has 6 heteroatoms. The number of nitrogens with one attached hydrogen (secondary N) is 1. The molecule has 4 nitrogen and oxygen atoms in total. The van der Waals surface area contributed by atoms with Gasteiger partial charge in [0.2, 0.25) is 5.91 Å². The summed E-state index contributed by atoms with van der Waals surface area (Å²) >= 11 is 0. The standard InChI is InChI=1S/C16H23F2NO3/c1-11(2)16(3,21)10-19-15(20)5-4-8-22-14-7-6-12(17)9-13(14)18/h6-7,9,11,21H,4-5,8,10H2,1-3H3,(H,19,20). The second-order valence-corrected chi connectivity index (χ2v) is 5.82. The van der Waals surface area contributed by atoms with Gasteiger partial charge in [-0.2, -0.15) is 0 Å². The summed E-state index contributed by atoms with van der Waals surface area (Å²) < 4.78 is 31.2. The van der Waals surface area contributed by atoms with E-state index in [0.717, 1.165) is 12.1 Å². The highest BCUT2D eigenvalue weighted by Gasteiger charge is 2.25. The van der Waals surface area contributed by atoms with Crippen LogP contribution in [0.4, 0.5) is 8.78 Å². The average molecular weight is 315 g/mol. The fourth-order valence-corrected chi connectivity index (χ4v) is 1.58. The Morgan fingerprint density at radius 3 is 2.68 bits per heavy atom. The first-order valence-corrected chi connectivity index (χ1v) is 7.29. The Morgan fingerprint density at radius 2 is 2.09 bits per heavy atom.